The van der Waals surface area contributed by atoms with Crippen molar-refractivity contribution >= 4 is 22.6 Å². The van der Waals surface area contributed by atoms with Crippen LogP contribution < -0.4 is 5.32 Å². The van der Waals surface area contributed by atoms with Gasteiger partial charge < -0.3 is 15.2 Å². The molecule has 5 heteroatoms. The Morgan fingerprint density at radius 2 is 1.96 bits per heavy atom. The zero-order valence-electron chi connectivity index (χ0n) is 12.7. The van der Waals surface area contributed by atoms with E-state index in [1.807, 2.05) is 36.4 Å². The number of carboxylic acid groups (broad SMARTS) is 1. The van der Waals surface area contributed by atoms with Gasteiger partial charge in [-0.2, -0.15) is 0 Å². The molecule has 1 saturated heterocycles. The van der Waals surface area contributed by atoms with E-state index in [0.29, 0.717) is 19.4 Å². The average molecular weight is 313 g/mol. The average Bonchev–Trinajstić information content (AvgIpc) is 3.02. The van der Waals surface area contributed by atoms with Gasteiger partial charge in [0.25, 0.3) is 0 Å². The fourth-order valence-electron chi connectivity index (χ4n) is 2.87. The molecule has 1 aliphatic rings. The summed E-state index contributed by atoms with van der Waals surface area (Å²) >= 11 is 0. The van der Waals surface area contributed by atoms with Crippen LogP contribution in [0.5, 0.6) is 0 Å². The van der Waals surface area contributed by atoms with Crippen molar-refractivity contribution in [2.75, 3.05) is 13.2 Å². The fourth-order valence-corrected chi connectivity index (χ4v) is 2.87. The van der Waals surface area contributed by atoms with Gasteiger partial charge in [-0.25, -0.2) is 4.79 Å². The molecular weight excluding hydrogens is 294 g/mol. The summed E-state index contributed by atoms with van der Waals surface area (Å²) in [5.74, 6) is -1.29. The number of hydrogen-bond acceptors (Lipinski definition) is 3. The van der Waals surface area contributed by atoms with E-state index in [1.165, 1.54) is 0 Å². The molecule has 23 heavy (non-hydrogen) atoms. The highest BCUT2D eigenvalue weighted by atomic mass is 16.5. The minimum Gasteiger partial charge on any atom is -0.479 e. The van der Waals surface area contributed by atoms with E-state index in [-0.39, 0.29) is 18.9 Å². The molecule has 0 aromatic heterocycles. The van der Waals surface area contributed by atoms with Crippen LogP contribution in [0.25, 0.3) is 10.8 Å². The zero-order valence-corrected chi connectivity index (χ0v) is 12.7. The maximum absolute atomic E-state index is 12.1. The second-order valence-electron chi connectivity index (χ2n) is 5.92. The van der Waals surface area contributed by atoms with Crippen LogP contribution in [0, 0.1) is 0 Å². The summed E-state index contributed by atoms with van der Waals surface area (Å²) in [4.78, 5) is 23.5. The van der Waals surface area contributed by atoms with Gasteiger partial charge in [-0.3, -0.25) is 4.79 Å². The lowest BCUT2D eigenvalue weighted by Crippen LogP contribution is -2.55. The summed E-state index contributed by atoms with van der Waals surface area (Å²) in [7, 11) is 0. The summed E-state index contributed by atoms with van der Waals surface area (Å²) in [6, 6.07) is 14.2. The lowest BCUT2D eigenvalue weighted by molar-refractivity contribution is -0.147. The first-order valence-corrected chi connectivity index (χ1v) is 7.69. The topological polar surface area (TPSA) is 75.6 Å². The summed E-state index contributed by atoms with van der Waals surface area (Å²) < 4.78 is 5.14. The predicted molar refractivity (Wildman–Crippen MR) is 86.2 cm³/mol. The van der Waals surface area contributed by atoms with E-state index in [2.05, 4.69) is 11.4 Å². The molecule has 0 spiro atoms. The Bertz CT molecular complexity index is 735. The van der Waals surface area contributed by atoms with Gasteiger partial charge in [-0.05, 0) is 22.8 Å². The number of aryl methyl sites for hydroxylation is 1. The first-order valence-electron chi connectivity index (χ1n) is 7.69. The Balaban J connectivity index is 1.62. The van der Waals surface area contributed by atoms with Crippen LogP contribution in [-0.2, 0) is 20.7 Å². The number of carbonyl (C=O) groups is 2. The van der Waals surface area contributed by atoms with Gasteiger partial charge in [-0.15, -0.1) is 0 Å². The summed E-state index contributed by atoms with van der Waals surface area (Å²) in [5, 5.41) is 14.3. The SMILES string of the molecule is O=C(CCc1ccc2ccccc2c1)NC1(C(=O)O)CCOC1. The van der Waals surface area contributed by atoms with E-state index in [0.717, 1.165) is 16.3 Å². The minimum absolute atomic E-state index is 0.0318. The Hall–Kier alpha value is -2.40. The van der Waals surface area contributed by atoms with Crippen LogP contribution >= 0.6 is 0 Å². The van der Waals surface area contributed by atoms with Crippen LogP contribution in [-0.4, -0.2) is 35.7 Å². The van der Waals surface area contributed by atoms with Crippen LogP contribution in [0.3, 0.4) is 0 Å². The van der Waals surface area contributed by atoms with Crippen molar-refractivity contribution in [2.24, 2.45) is 0 Å². The van der Waals surface area contributed by atoms with Crippen molar-refractivity contribution in [3.8, 4) is 0 Å². The monoisotopic (exact) mass is 313 g/mol. The van der Waals surface area contributed by atoms with E-state index in [1.54, 1.807) is 0 Å². The zero-order chi connectivity index (χ0) is 16.3. The van der Waals surface area contributed by atoms with Crippen molar-refractivity contribution in [2.45, 2.75) is 24.8 Å². The fraction of sp³-hybridized carbons (Fsp3) is 0.333. The quantitative estimate of drug-likeness (QED) is 0.886. The van der Waals surface area contributed by atoms with Crippen LogP contribution in [0.1, 0.15) is 18.4 Å². The molecule has 1 amide bonds. The molecule has 1 atom stereocenters. The highest BCUT2D eigenvalue weighted by Gasteiger charge is 2.43. The van der Waals surface area contributed by atoms with Crippen molar-refractivity contribution in [3.05, 3.63) is 48.0 Å². The molecule has 3 rings (SSSR count). The van der Waals surface area contributed by atoms with Crippen molar-refractivity contribution < 1.29 is 19.4 Å². The Morgan fingerprint density at radius 3 is 2.65 bits per heavy atom. The normalized spacial score (nSPS) is 20.5. The smallest absolute Gasteiger partial charge is 0.331 e. The lowest BCUT2D eigenvalue weighted by Gasteiger charge is -2.23. The van der Waals surface area contributed by atoms with Gasteiger partial charge in [0, 0.05) is 19.4 Å². The van der Waals surface area contributed by atoms with E-state index < -0.39 is 11.5 Å². The van der Waals surface area contributed by atoms with Crippen LogP contribution in [0.2, 0.25) is 0 Å². The number of aliphatic carboxylic acids is 1. The van der Waals surface area contributed by atoms with Gasteiger partial charge in [0.1, 0.15) is 0 Å². The number of benzene rings is 2. The van der Waals surface area contributed by atoms with Gasteiger partial charge in [0.15, 0.2) is 5.54 Å². The molecule has 2 aromatic rings. The maximum Gasteiger partial charge on any atom is 0.331 e. The largest absolute Gasteiger partial charge is 0.479 e. The molecule has 1 aliphatic heterocycles. The molecule has 2 N–H and O–H groups in total. The number of fused-ring (bicyclic) bond motifs is 1. The maximum atomic E-state index is 12.1. The third kappa shape index (κ3) is 3.35. The Kier molecular flexibility index (Phi) is 4.30. The third-order valence-electron chi connectivity index (χ3n) is 4.26. The van der Waals surface area contributed by atoms with E-state index >= 15 is 0 Å². The molecule has 120 valence electrons. The minimum atomic E-state index is -1.26. The highest BCUT2D eigenvalue weighted by Crippen LogP contribution is 2.20. The first kappa shape index (κ1) is 15.5. The molecule has 2 aromatic carbocycles. The van der Waals surface area contributed by atoms with E-state index in [4.69, 9.17) is 4.74 Å². The number of carbonyl (C=O) groups excluding carboxylic acids is 1. The van der Waals surface area contributed by atoms with Gasteiger partial charge in [0.05, 0.1) is 6.61 Å². The lowest BCUT2D eigenvalue weighted by atomic mass is 9.98. The summed E-state index contributed by atoms with van der Waals surface area (Å²) in [6.07, 6.45) is 1.14. The van der Waals surface area contributed by atoms with Gasteiger partial charge in [0.2, 0.25) is 5.91 Å². The molecule has 0 radical (unpaired) electrons. The Labute approximate surface area is 134 Å². The number of hydrogen-bond donors (Lipinski definition) is 2. The predicted octanol–water partition coefficient (Wildman–Crippen LogP) is 2.13. The first-order chi connectivity index (χ1) is 11.1. The molecule has 1 heterocycles. The number of nitrogens with one attached hydrogen (secondary N) is 1. The molecule has 1 fully saturated rings. The van der Waals surface area contributed by atoms with Crippen LogP contribution in [0.4, 0.5) is 0 Å². The van der Waals surface area contributed by atoms with Crippen LogP contribution in [0.15, 0.2) is 42.5 Å². The van der Waals surface area contributed by atoms with Gasteiger partial charge >= 0.3 is 5.97 Å². The molecule has 0 bridgehead atoms. The van der Waals surface area contributed by atoms with Crippen molar-refractivity contribution in [3.63, 3.8) is 0 Å². The standard InChI is InChI=1S/C18H19NO4/c20-16(19-18(17(21)22)9-10-23-12-18)8-6-13-5-7-14-3-1-2-4-15(14)11-13/h1-5,7,11H,6,8-10,12H2,(H,19,20)(H,21,22). The molecule has 0 aliphatic carbocycles. The summed E-state index contributed by atoms with van der Waals surface area (Å²) in [6.45, 7) is 0.390. The number of ether oxygens (including phenoxy) is 1. The molecule has 0 saturated carbocycles. The number of rotatable bonds is 5. The molecular formula is C18H19NO4. The van der Waals surface area contributed by atoms with Crippen molar-refractivity contribution in [1.82, 2.24) is 5.32 Å². The van der Waals surface area contributed by atoms with Gasteiger partial charge in [-0.1, -0.05) is 42.5 Å². The number of amides is 1. The Morgan fingerprint density at radius 1 is 1.17 bits per heavy atom. The molecule has 1 unspecified atom stereocenters. The third-order valence-corrected chi connectivity index (χ3v) is 4.26. The second-order valence-corrected chi connectivity index (χ2v) is 5.92. The van der Waals surface area contributed by atoms with E-state index in [9.17, 15) is 14.7 Å². The number of carboxylic acids is 1. The second kappa shape index (κ2) is 6.38. The highest BCUT2D eigenvalue weighted by molar-refractivity contribution is 5.88. The summed E-state index contributed by atoms with van der Waals surface area (Å²) in [5.41, 5.74) is -0.202. The van der Waals surface area contributed by atoms with Crippen molar-refractivity contribution in [1.29, 1.82) is 0 Å². The molecule has 5 nitrogen and oxygen atoms in total.